The largest absolute Gasteiger partial charge is 0.354 e. The van der Waals surface area contributed by atoms with E-state index in [0.29, 0.717) is 19.4 Å². The molecule has 1 fully saturated rings. The third kappa shape index (κ3) is 3.65. The highest BCUT2D eigenvalue weighted by molar-refractivity contribution is 7.18. The number of rotatable bonds is 7. The fourth-order valence-corrected chi connectivity index (χ4v) is 4.50. The van der Waals surface area contributed by atoms with Crippen molar-refractivity contribution in [3.8, 4) is 12.3 Å². The van der Waals surface area contributed by atoms with E-state index in [1.807, 2.05) is 0 Å². The molecule has 140 valence electrons. The van der Waals surface area contributed by atoms with Gasteiger partial charge in [0.15, 0.2) is 5.66 Å². The van der Waals surface area contributed by atoms with Gasteiger partial charge in [-0.2, -0.15) is 10.2 Å². The standard InChI is InChI=1S/C19H22N6OS/c1-3-4-7-19(23-24-19)8-9-20-17(26)15-6-5-10-25(15)16-14-11-13(2)27-18(14)22-12-21-16/h1,11-12,15H,4-10H2,2H3,(H,20,26). The Morgan fingerprint density at radius 2 is 2.30 bits per heavy atom. The Bertz CT molecular complexity index is 924. The average molecular weight is 382 g/mol. The van der Waals surface area contributed by atoms with E-state index in [-0.39, 0.29) is 17.6 Å². The number of carbonyl (C=O) groups is 1. The maximum Gasteiger partial charge on any atom is 0.242 e. The maximum atomic E-state index is 12.8. The summed E-state index contributed by atoms with van der Waals surface area (Å²) >= 11 is 1.65. The summed E-state index contributed by atoms with van der Waals surface area (Å²) in [5.41, 5.74) is -0.359. The lowest BCUT2D eigenvalue weighted by Crippen LogP contribution is -2.44. The molecule has 27 heavy (non-hydrogen) atoms. The topological polar surface area (TPSA) is 82.8 Å². The molecule has 0 aliphatic carbocycles. The SMILES string of the molecule is C#CCCC1(CCNC(=O)C2CCCN2c2ncnc3sc(C)cc23)N=N1. The second-order valence-electron chi connectivity index (χ2n) is 7.05. The molecular formula is C19H22N6OS. The minimum atomic E-state index is -0.359. The number of nitrogens with zero attached hydrogens (tertiary/aromatic N) is 5. The van der Waals surface area contributed by atoms with Crippen LogP contribution < -0.4 is 10.2 Å². The van der Waals surface area contributed by atoms with Gasteiger partial charge in [0.2, 0.25) is 5.91 Å². The predicted molar refractivity (Wildman–Crippen MR) is 106 cm³/mol. The molecule has 1 amide bonds. The quantitative estimate of drug-likeness (QED) is 0.746. The van der Waals surface area contributed by atoms with Gasteiger partial charge in [0.25, 0.3) is 0 Å². The lowest BCUT2D eigenvalue weighted by atomic mass is 10.0. The molecule has 4 heterocycles. The number of anilines is 1. The van der Waals surface area contributed by atoms with Crippen LogP contribution in [0.1, 0.15) is 37.0 Å². The summed E-state index contributed by atoms with van der Waals surface area (Å²) < 4.78 is 0. The van der Waals surface area contributed by atoms with Crippen molar-refractivity contribution in [2.45, 2.75) is 50.7 Å². The van der Waals surface area contributed by atoms with Gasteiger partial charge in [-0.05, 0) is 25.8 Å². The van der Waals surface area contributed by atoms with Crippen LogP contribution in [0.5, 0.6) is 0 Å². The fourth-order valence-electron chi connectivity index (χ4n) is 3.66. The molecule has 0 bridgehead atoms. The monoisotopic (exact) mass is 382 g/mol. The van der Waals surface area contributed by atoms with Gasteiger partial charge in [-0.1, -0.05) is 0 Å². The van der Waals surface area contributed by atoms with E-state index in [4.69, 9.17) is 6.42 Å². The Balaban J connectivity index is 1.41. The first-order valence-corrected chi connectivity index (χ1v) is 10.1. The van der Waals surface area contributed by atoms with E-state index >= 15 is 0 Å². The number of aryl methyl sites for hydroxylation is 1. The summed E-state index contributed by atoms with van der Waals surface area (Å²) in [7, 11) is 0. The number of fused-ring (bicyclic) bond motifs is 1. The first-order valence-electron chi connectivity index (χ1n) is 9.25. The van der Waals surface area contributed by atoms with Gasteiger partial charge >= 0.3 is 0 Å². The van der Waals surface area contributed by atoms with Gasteiger partial charge in [-0.15, -0.1) is 23.7 Å². The van der Waals surface area contributed by atoms with Gasteiger partial charge in [-0.3, -0.25) is 4.79 Å². The molecule has 1 N–H and O–H groups in total. The van der Waals surface area contributed by atoms with Crippen molar-refractivity contribution in [2.75, 3.05) is 18.0 Å². The number of nitrogens with one attached hydrogen (secondary N) is 1. The van der Waals surface area contributed by atoms with Gasteiger partial charge in [0.05, 0.1) is 5.39 Å². The summed E-state index contributed by atoms with van der Waals surface area (Å²) in [5.74, 6) is 3.52. The van der Waals surface area contributed by atoms with Crippen LogP contribution in [0.3, 0.4) is 0 Å². The first kappa shape index (κ1) is 17.9. The van der Waals surface area contributed by atoms with E-state index in [2.05, 4.69) is 49.3 Å². The summed E-state index contributed by atoms with van der Waals surface area (Å²) in [5, 5.41) is 12.3. The molecule has 1 saturated heterocycles. The Morgan fingerprint density at radius 3 is 3.07 bits per heavy atom. The van der Waals surface area contributed by atoms with Crippen molar-refractivity contribution in [1.82, 2.24) is 15.3 Å². The van der Waals surface area contributed by atoms with Gasteiger partial charge in [0.1, 0.15) is 23.0 Å². The van der Waals surface area contributed by atoms with Crippen LogP contribution in [0.2, 0.25) is 0 Å². The lowest BCUT2D eigenvalue weighted by molar-refractivity contribution is -0.122. The van der Waals surface area contributed by atoms with Crippen LogP contribution in [-0.2, 0) is 4.79 Å². The van der Waals surface area contributed by atoms with Crippen molar-refractivity contribution >= 4 is 33.3 Å². The lowest BCUT2D eigenvalue weighted by Gasteiger charge is -2.25. The van der Waals surface area contributed by atoms with E-state index < -0.39 is 0 Å². The second-order valence-corrected chi connectivity index (χ2v) is 8.29. The van der Waals surface area contributed by atoms with Crippen LogP contribution in [-0.4, -0.2) is 40.7 Å². The number of thiophene rings is 1. The van der Waals surface area contributed by atoms with Crippen LogP contribution >= 0.6 is 11.3 Å². The molecule has 0 spiro atoms. The number of terminal acetylenes is 1. The van der Waals surface area contributed by atoms with Crippen molar-refractivity contribution in [3.63, 3.8) is 0 Å². The minimum absolute atomic E-state index is 0.0407. The average Bonchev–Trinajstić information content (AvgIpc) is 3.07. The highest BCUT2D eigenvalue weighted by Crippen LogP contribution is 2.36. The van der Waals surface area contributed by atoms with Crippen LogP contribution in [0.15, 0.2) is 22.6 Å². The highest BCUT2D eigenvalue weighted by atomic mass is 32.1. The van der Waals surface area contributed by atoms with E-state index in [1.165, 1.54) is 4.88 Å². The predicted octanol–water partition coefficient (Wildman–Crippen LogP) is 3.05. The molecule has 7 nitrogen and oxygen atoms in total. The molecule has 2 aliphatic rings. The van der Waals surface area contributed by atoms with E-state index in [0.717, 1.165) is 41.8 Å². The summed E-state index contributed by atoms with van der Waals surface area (Å²) in [4.78, 5) is 25.9. The summed E-state index contributed by atoms with van der Waals surface area (Å²) in [6.07, 6.45) is 10.8. The maximum absolute atomic E-state index is 12.8. The Morgan fingerprint density at radius 1 is 1.44 bits per heavy atom. The fraction of sp³-hybridized carbons (Fsp3) is 0.526. The molecule has 8 heteroatoms. The second kappa shape index (κ2) is 7.24. The smallest absolute Gasteiger partial charge is 0.242 e. The highest BCUT2D eigenvalue weighted by Gasteiger charge is 2.39. The zero-order valence-corrected chi connectivity index (χ0v) is 16.1. The van der Waals surface area contributed by atoms with Gasteiger partial charge in [0, 0.05) is 37.2 Å². The zero-order valence-electron chi connectivity index (χ0n) is 15.3. The van der Waals surface area contributed by atoms with Crippen molar-refractivity contribution in [3.05, 3.63) is 17.3 Å². The zero-order chi connectivity index (χ0) is 18.9. The molecule has 2 aromatic heterocycles. The normalized spacial score (nSPS) is 20.0. The minimum Gasteiger partial charge on any atom is -0.354 e. The molecule has 2 aliphatic heterocycles. The van der Waals surface area contributed by atoms with Gasteiger partial charge < -0.3 is 10.2 Å². The number of hydrogen-bond donors (Lipinski definition) is 1. The van der Waals surface area contributed by atoms with E-state index in [1.54, 1.807) is 17.7 Å². The van der Waals surface area contributed by atoms with Crippen LogP contribution in [0, 0.1) is 19.3 Å². The third-order valence-electron chi connectivity index (χ3n) is 5.14. The molecule has 2 aromatic rings. The Labute approximate surface area is 162 Å². The third-order valence-corrected chi connectivity index (χ3v) is 6.09. The molecule has 0 saturated carbocycles. The number of carbonyl (C=O) groups excluding carboxylic acids is 1. The Kier molecular flexibility index (Phi) is 4.79. The van der Waals surface area contributed by atoms with Crippen molar-refractivity contribution < 1.29 is 4.79 Å². The number of aromatic nitrogens is 2. The van der Waals surface area contributed by atoms with E-state index in [9.17, 15) is 4.79 Å². The Hall–Kier alpha value is -2.53. The van der Waals surface area contributed by atoms with Gasteiger partial charge in [-0.25, -0.2) is 9.97 Å². The molecular weight excluding hydrogens is 360 g/mol. The number of amides is 1. The number of hydrogen-bond acceptors (Lipinski definition) is 7. The molecule has 1 unspecified atom stereocenters. The molecule has 1 atom stereocenters. The van der Waals surface area contributed by atoms with Crippen molar-refractivity contribution in [2.24, 2.45) is 10.2 Å². The summed E-state index contributed by atoms with van der Waals surface area (Å²) in [6, 6.07) is 1.91. The molecule has 0 radical (unpaired) electrons. The van der Waals surface area contributed by atoms with Crippen molar-refractivity contribution in [1.29, 1.82) is 0 Å². The molecule has 4 rings (SSSR count). The summed E-state index contributed by atoms with van der Waals surface area (Å²) in [6.45, 7) is 3.45. The van der Waals surface area contributed by atoms with Crippen LogP contribution in [0.4, 0.5) is 5.82 Å². The van der Waals surface area contributed by atoms with Crippen LogP contribution in [0.25, 0.3) is 10.2 Å². The first-order chi connectivity index (χ1) is 13.1. The molecule has 0 aromatic carbocycles.